The number of ether oxygens (including phenoxy) is 1. The lowest BCUT2D eigenvalue weighted by molar-refractivity contribution is -0.120. The number of hydrogen-bond donors (Lipinski definition) is 2. The molecular formula is C12H14BrNO4. The van der Waals surface area contributed by atoms with E-state index in [1.165, 1.54) is 6.07 Å². The Labute approximate surface area is 113 Å². The first-order valence-corrected chi connectivity index (χ1v) is 6.25. The number of para-hydroxylation sites is 1. The standard InChI is InChI=1S/C12H14BrNO4/c1-2-6-18-7-10(15)14-11-8(12(16)17)4-3-5-9(11)13/h3-5H,2,6-7H2,1H3,(H,14,15)(H,16,17). The fourth-order valence-electron chi connectivity index (χ4n) is 1.31. The molecule has 1 aromatic carbocycles. The molecule has 6 heteroatoms. The van der Waals surface area contributed by atoms with Gasteiger partial charge in [0, 0.05) is 11.1 Å². The molecular weight excluding hydrogens is 302 g/mol. The van der Waals surface area contributed by atoms with E-state index < -0.39 is 5.97 Å². The summed E-state index contributed by atoms with van der Waals surface area (Å²) in [6, 6.07) is 4.68. The number of benzene rings is 1. The lowest BCUT2D eigenvalue weighted by atomic mass is 10.2. The van der Waals surface area contributed by atoms with Crippen molar-refractivity contribution in [2.75, 3.05) is 18.5 Å². The summed E-state index contributed by atoms with van der Waals surface area (Å²) in [5.74, 6) is -1.47. The molecule has 0 fully saturated rings. The van der Waals surface area contributed by atoms with Gasteiger partial charge in [-0.2, -0.15) is 0 Å². The van der Waals surface area contributed by atoms with Crippen molar-refractivity contribution in [3.8, 4) is 0 Å². The van der Waals surface area contributed by atoms with E-state index in [0.717, 1.165) is 6.42 Å². The van der Waals surface area contributed by atoms with Gasteiger partial charge in [0.05, 0.1) is 11.3 Å². The van der Waals surface area contributed by atoms with Gasteiger partial charge < -0.3 is 15.2 Å². The zero-order chi connectivity index (χ0) is 13.5. The number of aromatic carboxylic acids is 1. The maximum absolute atomic E-state index is 11.6. The molecule has 0 aliphatic rings. The second-order valence-corrected chi connectivity index (χ2v) is 4.42. The molecule has 0 heterocycles. The van der Waals surface area contributed by atoms with Crippen LogP contribution in [0.15, 0.2) is 22.7 Å². The van der Waals surface area contributed by atoms with Crippen molar-refractivity contribution in [2.24, 2.45) is 0 Å². The van der Waals surface area contributed by atoms with Crippen LogP contribution in [0, 0.1) is 0 Å². The molecule has 0 unspecified atom stereocenters. The van der Waals surface area contributed by atoms with Gasteiger partial charge in [-0.3, -0.25) is 4.79 Å². The van der Waals surface area contributed by atoms with Crippen LogP contribution in [0.3, 0.4) is 0 Å². The van der Waals surface area contributed by atoms with Gasteiger partial charge in [0.2, 0.25) is 5.91 Å². The van der Waals surface area contributed by atoms with Crippen molar-refractivity contribution in [3.63, 3.8) is 0 Å². The molecule has 2 N–H and O–H groups in total. The summed E-state index contributed by atoms with van der Waals surface area (Å²) in [7, 11) is 0. The highest BCUT2D eigenvalue weighted by molar-refractivity contribution is 9.10. The number of amides is 1. The summed E-state index contributed by atoms with van der Waals surface area (Å²) >= 11 is 3.21. The Morgan fingerprint density at radius 2 is 2.17 bits per heavy atom. The summed E-state index contributed by atoms with van der Waals surface area (Å²) in [6.45, 7) is 2.34. The number of halogens is 1. The van der Waals surface area contributed by atoms with E-state index in [1.54, 1.807) is 12.1 Å². The number of carboxylic acids is 1. The SMILES string of the molecule is CCCOCC(=O)Nc1c(Br)cccc1C(=O)O. The average molecular weight is 316 g/mol. The molecule has 0 aromatic heterocycles. The highest BCUT2D eigenvalue weighted by Gasteiger charge is 2.15. The number of carboxylic acid groups (broad SMARTS) is 1. The number of hydrogen-bond acceptors (Lipinski definition) is 3. The van der Waals surface area contributed by atoms with E-state index in [9.17, 15) is 9.59 Å². The van der Waals surface area contributed by atoms with Gasteiger partial charge in [0.1, 0.15) is 6.61 Å². The molecule has 98 valence electrons. The Bertz CT molecular complexity index is 448. The first-order chi connectivity index (χ1) is 8.56. The predicted octanol–water partition coefficient (Wildman–Crippen LogP) is 2.51. The second-order valence-electron chi connectivity index (χ2n) is 3.57. The monoisotopic (exact) mass is 315 g/mol. The maximum Gasteiger partial charge on any atom is 0.337 e. The fraction of sp³-hybridized carbons (Fsp3) is 0.333. The fourth-order valence-corrected chi connectivity index (χ4v) is 1.78. The van der Waals surface area contributed by atoms with Gasteiger partial charge in [0.25, 0.3) is 0 Å². The van der Waals surface area contributed by atoms with Gasteiger partial charge >= 0.3 is 5.97 Å². The second kappa shape index (κ2) is 7.13. The summed E-state index contributed by atoms with van der Waals surface area (Å²) in [4.78, 5) is 22.6. The van der Waals surface area contributed by atoms with Crippen LogP contribution < -0.4 is 5.32 Å². The third-order valence-electron chi connectivity index (χ3n) is 2.09. The molecule has 18 heavy (non-hydrogen) atoms. The third kappa shape index (κ3) is 4.12. The molecule has 1 amide bonds. The third-order valence-corrected chi connectivity index (χ3v) is 2.75. The zero-order valence-electron chi connectivity index (χ0n) is 9.90. The highest BCUT2D eigenvalue weighted by atomic mass is 79.9. The molecule has 0 bridgehead atoms. The molecule has 0 aliphatic heterocycles. The Kier molecular flexibility index (Phi) is 5.80. The van der Waals surface area contributed by atoms with Crippen LogP contribution in [0.1, 0.15) is 23.7 Å². The van der Waals surface area contributed by atoms with E-state index in [0.29, 0.717) is 11.1 Å². The quantitative estimate of drug-likeness (QED) is 0.791. The first-order valence-electron chi connectivity index (χ1n) is 5.45. The molecule has 0 radical (unpaired) electrons. The van der Waals surface area contributed by atoms with Crippen molar-refractivity contribution in [1.29, 1.82) is 0 Å². The van der Waals surface area contributed by atoms with Crippen molar-refractivity contribution < 1.29 is 19.4 Å². The highest BCUT2D eigenvalue weighted by Crippen LogP contribution is 2.26. The smallest absolute Gasteiger partial charge is 0.337 e. The van der Waals surface area contributed by atoms with Crippen LogP contribution >= 0.6 is 15.9 Å². The van der Waals surface area contributed by atoms with E-state index in [-0.39, 0.29) is 23.8 Å². The summed E-state index contributed by atoms with van der Waals surface area (Å²) in [5, 5.41) is 11.5. The van der Waals surface area contributed by atoms with Crippen molar-refractivity contribution in [2.45, 2.75) is 13.3 Å². The summed E-state index contributed by atoms with van der Waals surface area (Å²) in [6.07, 6.45) is 0.822. The summed E-state index contributed by atoms with van der Waals surface area (Å²) < 4.78 is 5.60. The van der Waals surface area contributed by atoms with Gasteiger partial charge in [0.15, 0.2) is 0 Å². The first kappa shape index (κ1) is 14.7. The lowest BCUT2D eigenvalue weighted by Gasteiger charge is -2.10. The molecule has 0 atom stereocenters. The Hall–Kier alpha value is -1.40. The molecule has 0 saturated heterocycles. The molecule has 1 rings (SSSR count). The number of carbonyl (C=O) groups excluding carboxylic acids is 1. The van der Waals surface area contributed by atoms with Crippen LogP contribution in [0.4, 0.5) is 5.69 Å². The molecule has 0 saturated carbocycles. The number of carbonyl (C=O) groups is 2. The van der Waals surface area contributed by atoms with Gasteiger partial charge in [-0.1, -0.05) is 13.0 Å². The molecule has 0 aliphatic carbocycles. The topological polar surface area (TPSA) is 75.6 Å². The Morgan fingerprint density at radius 1 is 1.44 bits per heavy atom. The lowest BCUT2D eigenvalue weighted by Crippen LogP contribution is -2.20. The number of rotatable bonds is 6. The van der Waals surface area contributed by atoms with Crippen LogP contribution in [0.5, 0.6) is 0 Å². The summed E-state index contributed by atoms with van der Waals surface area (Å²) in [5.41, 5.74) is 0.281. The number of anilines is 1. The van der Waals surface area contributed by atoms with Crippen molar-refractivity contribution >= 4 is 33.5 Å². The van der Waals surface area contributed by atoms with Gasteiger partial charge in [-0.05, 0) is 34.5 Å². The maximum atomic E-state index is 11.6. The van der Waals surface area contributed by atoms with Crippen LogP contribution in [-0.4, -0.2) is 30.2 Å². The predicted molar refractivity (Wildman–Crippen MR) is 70.8 cm³/mol. The molecule has 1 aromatic rings. The van der Waals surface area contributed by atoms with Crippen molar-refractivity contribution in [1.82, 2.24) is 0 Å². The van der Waals surface area contributed by atoms with E-state index in [1.807, 2.05) is 6.92 Å². The number of nitrogens with one attached hydrogen (secondary N) is 1. The van der Waals surface area contributed by atoms with E-state index in [4.69, 9.17) is 9.84 Å². The minimum Gasteiger partial charge on any atom is -0.478 e. The van der Waals surface area contributed by atoms with Crippen molar-refractivity contribution in [3.05, 3.63) is 28.2 Å². The minimum absolute atomic E-state index is 0.0354. The van der Waals surface area contributed by atoms with Crippen LogP contribution in [0.2, 0.25) is 0 Å². The molecule has 0 spiro atoms. The van der Waals surface area contributed by atoms with Crippen LogP contribution in [0.25, 0.3) is 0 Å². The van der Waals surface area contributed by atoms with Gasteiger partial charge in [-0.15, -0.1) is 0 Å². The van der Waals surface area contributed by atoms with E-state index >= 15 is 0 Å². The Balaban J connectivity index is 2.77. The zero-order valence-corrected chi connectivity index (χ0v) is 11.5. The van der Waals surface area contributed by atoms with E-state index in [2.05, 4.69) is 21.2 Å². The van der Waals surface area contributed by atoms with Gasteiger partial charge in [-0.25, -0.2) is 4.79 Å². The van der Waals surface area contributed by atoms with Crippen LogP contribution in [-0.2, 0) is 9.53 Å². The Morgan fingerprint density at radius 3 is 2.78 bits per heavy atom. The largest absolute Gasteiger partial charge is 0.478 e. The molecule has 5 nitrogen and oxygen atoms in total. The average Bonchev–Trinajstić information content (AvgIpc) is 2.31. The minimum atomic E-state index is -1.10. The normalized spacial score (nSPS) is 10.1.